The summed E-state index contributed by atoms with van der Waals surface area (Å²) in [6, 6.07) is 22.2. The van der Waals surface area contributed by atoms with Gasteiger partial charge in [0, 0.05) is 0 Å². The number of rotatable bonds is 0. The van der Waals surface area contributed by atoms with Crippen molar-refractivity contribution in [1.29, 1.82) is 0 Å². The van der Waals surface area contributed by atoms with Gasteiger partial charge < -0.3 is 0 Å². The number of furan rings is 1. The Kier molecular flexibility index (Phi) is 4.73. The third kappa shape index (κ3) is 3.49. The Morgan fingerprint density at radius 2 is 1.04 bits per heavy atom. The normalized spacial score (nSPS) is 14.8. The van der Waals surface area contributed by atoms with Crippen molar-refractivity contribution in [2.45, 2.75) is 21.3 Å². The zero-order valence-corrected chi connectivity index (χ0v) is 16.3. The van der Waals surface area contributed by atoms with E-state index in [4.69, 9.17) is 4.42 Å². The monoisotopic (exact) mass is 434 g/mol. The summed E-state index contributed by atoms with van der Waals surface area (Å²) in [6.07, 6.45) is 0. The summed E-state index contributed by atoms with van der Waals surface area (Å²) in [5, 5.41) is 4.52. The molecule has 0 unspecified atom stereocenters. The predicted molar refractivity (Wildman–Crippen MR) is 96.9 cm³/mol. The van der Waals surface area contributed by atoms with E-state index in [-0.39, 0.29) is 0 Å². The Bertz CT molecular complexity index is 741. The molecule has 1 aromatic heterocycles. The molecule has 0 radical (unpaired) electrons. The van der Waals surface area contributed by atoms with Crippen LogP contribution in [0.5, 0.6) is 0 Å². The Morgan fingerprint density at radius 3 is 1.57 bits per heavy atom. The van der Waals surface area contributed by atoms with Gasteiger partial charge in [0.1, 0.15) is 0 Å². The van der Waals surface area contributed by atoms with Gasteiger partial charge in [0.15, 0.2) is 0 Å². The molecule has 1 aliphatic heterocycles. The molecule has 2 heterocycles. The summed E-state index contributed by atoms with van der Waals surface area (Å²) in [7, 11) is 0. The summed E-state index contributed by atoms with van der Waals surface area (Å²) < 4.78 is 6.00. The third-order valence-corrected chi connectivity index (χ3v) is 8.26. The van der Waals surface area contributed by atoms with E-state index >= 15 is 0 Å². The van der Waals surface area contributed by atoms with E-state index in [1.165, 1.54) is 44.4 Å². The summed E-state index contributed by atoms with van der Waals surface area (Å²) in [4.78, 5) is 0. The third-order valence-electron chi connectivity index (χ3n) is 4.05. The molecule has 0 fully saturated rings. The molecule has 0 amide bonds. The molecule has 0 spiro atoms. The summed E-state index contributed by atoms with van der Waals surface area (Å²) in [6.45, 7) is 0. The Balaban J connectivity index is 1.75. The van der Waals surface area contributed by atoms with Crippen LogP contribution in [0, 0.1) is 0 Å². The molecule has 4 rings (SSSR count). The molecule has 0 N–H and O–H groups in total. The number of hydrogen-bond donors (Lipinski definition) is 0. The fourth-order valence-electron chi connectivity index (χ4n) is 2.92. The molecule has 3 heteroatoms. The summed E-state index contributed by atoms with van der Waals surface area (Å²) >= 11 is 1.08. The zero-order chi connectivity index (χ0) is 15.5. The molecular formula is C20H18OSe2. The van der Waals surface area contributed by atoms with Crippen molar-refractivity contribution < 1.29 is 4.42 Å². The van der Waals surface area contributed by atoms with Gasteiger partial charge in [-0.25, -0.2) is 0 Å². The van der Waals surface area contributed by atoms with Crippen molar-refractivity contribution in [2.24, 2.45) is 0 Å². The first-order chi connectivity index (χ1) is 11.4. The van der Waals surface area contributed by atoms with E-state index in [2.05, 4.69) is 60.7 Å². The quantitative estimate of drug-likeness (QED) is 0.489. The van der Waals surface area contributed by atoms with Crippen molar-refractivity contribution in [1.82, 2.24) is 0 Å². The van der Waals surface area contributed by atoms with Gasteiger partial charge in [-0.15, -0.1) is 0 Å². The van der Waals surface area contributed by atoms with Crippen LogP contribution in [0.25, 0.3) is 11.1 Å². The first-order valence-electron chi connectivity index (χ1n) is 7.79. The minimum atomic E-state index is 0.541. The SMILES string of the molecule is c1ccc2c(c1)C[Se]Cc1ccc(o1)C[Se]Cc1ccccc1-2. The summed E-state index contributed by atoms with van der Waals surface area (Å²) in [5.74, 6) is 2.34. The molecule has 3 aromatic rings. The van der Waals surface area contributed by atoms with Crippen LogP contribution in [0.4, 0.5) is 0 Å². The molecule has 0 saturated carbocycles. The fourth-order valence-corrected chi connectivity index (χ4v) is 6.82. The fraction of sp³-hybridized carbons (Fsp3) is 0.200. The Hall–Kier alpha value is -1.24. The van der Waals surface area contributed by atoms with Crippen LogP contribution in [0.15, 0.2) is 65.1 Å². The first-order valence-corrected chi connectivity index (χ1v) is 12.6. The van der Waals surface area contributed by atoms with Crippen molar-refractivity contribution >= 4 is 29.9 Å². The van der Waals surface area contributed by atoms with Gasteiger partial charge >= 0.3 is 150 Å². The van der Waals surface area contributed by atoms with Crippen LogP contribution in [-0.2, 0) is 21.3 Å². The number of fused-ring (bicyclic) bond motifs is 5. The first kappa shape index (κ1) is 15.3. The zero-order valence-electron chi connectivity index (χ0n) is 12.8. The van der Waals surface area contributed by atoms with Crippen LogP contribution in [0.3, 0.4) is 0 Å². The van der Waals surface area contributed by atoms with E-state index in [1.807, 2.05) is 0 Å². The van der Waals surface area contributed by atoms with Crippen LogP contribution in [0.1, 0.15) is 22.6 Å². The van der Waals surface area contributed by atoms with Crippen molar-refractivity contribution in [3.05, 3.63) is 83.3 Å². The predicted octanol–water partition coefficient (Wildman–Crippen LogP) is 4.07. The molecule has 0 atom stereocenters. The van der Waals surface area contributed by atoms with Crippen molar-refractivity contribution in [3.63, 3.8) is 0 Å². The Labute approximate surface area is 149 Å². The molecule has 0 saturated heterocycles. The van der Waals surface area contributed by atoms with Gasteiger partial charge in [0.05, 0.1) is 0 Å². The van der Waals surface area contributed by atoms with Gasteiger partial charge in [0.25, 0.3) is 0 Å². The van der Waals surface area contributed by atoms with E-state index in [9.17, 15) is 0 Å². The maximum atomic E-state index is 6.00. The number of hydrogen-bond acceptors (Lipinski definition) is 1. The molecule has 1 nitrogen and oxygen atoms in total. The minimum absolute atomic E-state index is 0.541. The van der Waals surface area contributed by atoms with E-state index in [0.717, 1.165) is 10.6 Å². The van der Waals surface area contributed by atoms with Crippen molar-refractivity contribution in [2.75, 3.05) is 0 Å². The standard InChI is InChI=1S/C20H18OSe2/c1-3-7-19-15(5-1)11-22-13-17-9-10-18(21-17)14-23-12-16-6-2-4-8-20(16)19/h1-10H,11-14H2. The molecule has 2 bridgehead atoms. The van der Waals surface area contributed by atoms with Gasteiger partial charge in [-0.1, -0.05) is 0 Å². The summed E-state index contributed by atoms with van der Waals surface area (Å²) in [5.41, 5.74) is 5.83. The Morgan fingerprint density at radius 1 is 0.565 bits per heavy atom. The van der Waals surface area contributed by atoms with E-state index in [1.54, 1.807) is 0 Å². The molecule has 2 aromatic carbocycles. The van der Waals surface area contributed by atoms with Crippen LogP contribution in [0.2, 0.25) is 0 Å². The van der Waals surface area contributed by atoms with Crippen molar-refractivity contribution in [3.8, 4) is 11.1 Å². The van der Waals surface area contributed by atoms with Crippen LogP contribution >= 0.6 is 0 Å². The average molecular weight is 432 g/mol. The van der Waals surface area contributed by atoms with Gasteiger partial charge in [-0.2, -0.15) is 0 Å². The second-order valence-corrected chi connectivity index (χ2v) is 9.80. The molecule has 116 valence electrons. The topological polar surface area (TPSA) is 13.1 Å². The number of benzene rings is 2. The molecule has 1 aliphatic rings. The van der Waals surface area contributed by atoms with E-state index < -0.39 is 0 Å². The van der Waals surface area contributed by atoms with Gasteiger partial charge in [-0.3, -0.25) is 0 Å². The van der Waals surface area contributed by atoms with Crippen LogP contribution in [-0.4, -0.2) is 29.9 Å². The maximum absolute atomic E-state index is 6.00. The second kappa shape index (κ2) is 7.11. The van der Waals surface area contributed by atoms with Crippen LogP contribution < -0.4 is 0 Å². The van der Waals surface area contributed by atoms with E-state index in [0.29, 0.717) is 29.9 Å². The second-order valence-electron chi connectivity index (χ2n) is 5.67. The van der Waals surface area contributed by atoms with Gasteiger partial charge in [-0.05, 0) is 0 Å². The molecule has 23 heavy (non-hydrogen) atoms. The van der Waals surface area contributed by atoms with Gasteiger partial charge in [0.2, 0.25) is 0 Å². The molecular weight excluding hydrogens is 414 g/mol. The molecule has 0 aliphatic carbocycles. The average Bonchev–Trinajstić information content (AvgIpc) is 3.04.